The lowest BCUT2D eigenvalue weighted by molar-refractivity contribution is -0.132. The van der Waals surface area contributed by atoms with Crippen molar-refractivity contribution < 1.29 is 33.9 Å². The van der Waals surface area contributed by atoms with Crippen molar-refractivity contribution in [2.24, 2.45) is 5.73 Å². The van der Waals surface area contributed by atoms with E-state index in [1.165, 1.54) is 12.1 Å². The van der Waals surface area contributed by atoms with Gasteiger partial charge in [-0.25, -0.2) is 4.79 Å². The molecule has 8 rings (SSSR count). The summed E-state index contributed by atoms with van der Waals surface area (Å²) in [4.78, 5) is 78.7. The normalized spacial score (nSPS) is 13.2. The van der Waals surface area contributed by atoms with Crippen molar-refractivity contribution in [1.29, 1.82) is 0 Å². The van der Waals surface area contributed by atoms with Crippen LogP contribution in [-0.2, 0) is 9.59 Å². The number of nitrogens with zero attached hydrogens (tertiary/aromatic N) is 6. The van der Waals surface area contributed by atoms with Gasteiger partial charge in [0.05, 0.1) is 45.6 Å². The zero-order valence-corrected chi connectivity index (χ0v) is 39.9. The van der Waals surface area contributed by atoms with E-state index in [1.807, 2.05) is 60.7 Å². The van der Waals surface area contributed by atoms with Crippen LogP contribution in [0.3, 0.4) is 0 Å². The topological polar surface area (TPSA) is 231 Å². The summed E-state index contributed by atoms with van der Waals surface area (Å²) < 4.78 is 0. The fourth-order valence-corrected chi connectivity index (χ4v) is 7.60. The Morgan fingerprint density at radius 2 is 0.956 bits per heavy atom. The van der Waals surface area contributed by atoms with Crippen molar-refractivity contribution in [2.45, 2.75) is 0 Å². The SMILES string of the molecule is Cl.NCC(=O)N1CCN(C(=O)c2cc(Cl)ccc2Cl)CC1.O=C(NCC(=O)N1CCN(C(=O)c2cc(Cl)ccc2Cl)CC1)c1cc(-c2ccccc2)n[nH]1.O=C(O)c1cc(-c2ccccc2)n[nH]1. The first-order chi connectivity index (χ1) is 32.2. The molecule has 0 unspecified atom stereocenters. The van der Waals surface area contributed by atoms with Gasteiger partial charge in [0.25, 0.3) is 17.7 Å². The second-order valence-corrected chi connectivity index (χ2v) is 16.5. The highest BCUT2D eigenvalue weighted by Gasteiger charge is 2.28. The van der Waals surface area contributed by atoms with Crippen LogP contribution in [0.2, 0.25) is 20.1 Å². The van der Waals surface area contributed by atoms with Gasteiger partial charge in [0, 0.05) is 73.5 Å². The lowest BCUT2D eigenvalue weighted by atomic mass is 10.1. The maximum absolute atomic E-state index is 12.7. The van der Waals surface area contributed by atoms with Crippen LogP contribution in [0.1, 0.15) is 41.7 Å². The fraction of sp³-hybridized carbons (Fsp3) is 0.217. The first-order valence-corrected chi connectivity index (χ1v) is 22.2. The predicted octanol–water partition coefficient (Wildman–Crippen LogP) is 6.53. The van der Waals surface area contributed by atoms with Gasteiger partial charge in [0.1, 0.15) is 11.4 Å². The molecule has 4 heterocycles. The predicted molar refractivity (Wildman–Crippen MR) is 262 cm³/mol. The van der Waals surface area contributed by atoms with Gasteiger partial charge >= 0.3 is 5.97 Å². The average molecular weight is 1030 g/mol. The Kier molecular flexibility index (Phi) is 19.3. The highest BCUT2D eigenvalue weighted by Crippen LogP contribution is 2.25. The molecule has 0 radical (unpaired) electrons. The summed E-state index contributed by atoms with van der Waals surface area (Å²) in [5.41, 5.74) is 9.49. The van der Waals surface area contributed by atoms with Crippen molar-refractivity contribution in [1.82, 2.24) is 45.3 Å². The molecule has 0 bridgehead atoms. The third-order valence-corrected chi connectivity index (χ3v) is 11.6. The van der Waals surface area contributed by atoms with Gasteiger partial charge in [-0.15, -0.1) is 12.4 Å². The number of aromatic amines is 2. The van der Waals surface area contributed by atoms with E-state index >= 15 is 0 Å². The van der Waals surface area contributed by atoms with Crippen LogP contribution in [0.4, 0.5) is 0 Å². The molecule has 2 aromatic heterocycles. The standard InChI is InChI=1S/C23H21Cl2N5O3.C13H15Cl2N3O2.C10H8N2O2.ClH/c24-16-6-7-18(25)17(12-16)23(33)30-10-8-29(9-11-30)21(31)14-26-22(32)20-13-19(27-28-20)15-4-2-1-3-5-15;14-9-1-2-11(15)10(7-9)13(20)18-5-3-17(4-6-18)12(19)8-16;13-10(14)9-6-8(11-12-9)7-4-2-1-3-5-7;/h1-7,12-13H,8-11,14H2,(H,26,32)(H,27,28);1-2,7H,3-6,8,16H2;1-6H,(H,11,12)(H,13,14);1H. The van der Waals surface area contributed by atoms with Crippen molar-refractivity contribution in [3.8, 4) is 22.5 Å². The van der Waals surface area contributed by atoms with Crippen LogP contribution in [0.5, 0.6) is 0 Å². The number of hydrogen-bond acceptors (Lipinski definition) is 9. The zero-order chi connectivity index (χ0) is 48.0. The van der Waals surface area contributed by atoms with Gasteiger partial charge in [-0.05, 0) is 48.5 Å². The van der Waals surface area contributed by atoms with E-state index in [2.05, 4.69) is 25.7 Å². The first-order valence-electron chi connectivity index (χ1n) is 20.7. The van der Waals surface area contributed by atoms with Gasteiger partial charge in [-0.3, -0.25) is 34.2 Å². The van der Waals surface area contributed by atoms with E-state index in [4.69, 9.17) is 57.2 Å². The molecule has 4 aromatic carbocycles. The Labute approximate surface area is 416 Å². The molecule has 2 saturated heterocycles. The van der Waals surface area contributed by atoms with Crippen molar-refractivity contribution in [3.63, 3.8) is 0 Å². The molecule has 0 aliphatic carbocycles. The van der Waals surface area contributed by atoms with Crippen molar-refractivity contribution >= 4 is 94.3 Å². The van der Waals surface area contributed by atoms with Gasteiger partial charge in [-0.2, -0.15) is 10.2 Å². The molecule has 22 heteroatoms. The van der Waals surface area contributed by atoms with Crippen LogP contribution < -0.4 is 11.1 Å². The number of nitrogens with one attached hydrogen (secondary N) is 3. The number of carbonyl (C=O) groups is 6. The minimum atomic E-state index is -1.00. The molecule has 5 amide bonds. The number of benzene rings is 4. The molecule has 0 saturated carbocycles. The molecule has 6 N–H and O–H groups in total. The van der Waals surface area contributed by atoms with Gasteiger partial charge in [-0.1, -0.05) is 107 Å². The summed E-state index contributed by atoms with van der Waals surface area (Å²) in [6.45, 7) is 3.20. The molecular formula is C46H45Cl5N10O7. The number of halogens is 5. The zero-order valence-electron chi connectivity index (χ0n) is 36.0. The monoisotopic (exact) mass is 1020 g/mol. The van der Waals surface area contributed by atoms with Crippen LogP contribution in [-0.4, -0.2) is 146 Å². The number of aromatic nitrogens is 4. The van der Waals surface area contributed by atoms with E-state index in [1.54, 1.807) is 56.0 Å². The Bertz CT molecular complexity index is 2710. The number of carboxylic acids is 1. The molecule has 2 aliphatic rings. The third kappa shape index (κ3) is 14.0. The molecule has 0 spiro atoms. The molecule has 0 atom stereocenters. The maximum Gasteiger partial charge on any atom is 0.353 e. The second-order valence-electron chi connectivity index (χ2n) is 14.9. The number of carboxylic acid groups (broad SMARTS) is 1. The lowest BCUT2D eigenvalue weighted by Gasteiger charge is -2.35. The second kappa shape index (κ2) is 25.1. The fourth-order valence-electron chi connectivity index (χ4n) is 6.86. The van der Waals surface area contributed by atoms with Crippen LogP contribution in [0.25, 0.3) is 22.5 Å². The maximum atomic E-state index is 12.7. The molecule has 17 nitrogen and oxygen atoms in total. The van der Waals surface area contributed by atoms with Crippen LogP contribution in [0, 0.1) is 0 Å². The highest BCUT2D eigenvalue weighted by molar-refractivity contribution is 6.36. The molecule has 68 heavy (non-hydrogen) atoms. The van der Waals surface area contributed by atoms with E-state index in [0.717, 1.165) is 11.1 Å². The van der Waals surface area contributed by atoms with E-state index in [0.29, 0.717) is 95.0 Å². The number of hydrogen-bond donors (Lipinski definition) is 5. The molecule has 6 aromatic rings. The number of rotatable bonds is 9. The molecule has 356 valence electrons. The summed E-state index contributed by atoms with van der Waals surface area (Å²) in [5, 5.41) is 26.1. The minimum absolute atomic E-state index is 0. The van der Waals surface area contributed by atoms with E-state index in [-0.39, 0.29) is 60.5 Å². The van der Waals surface area contributed by atoms with Gasteiger partial charge in [0.2, 0.25) is 11.8 Å². The quantitative estimate of drug-likeness (QED) is 0.105. The average Bonchev–Trinajstić information content (AvgIpc) is 4.07. The van der Waals surface area contributed by atoms with Crippen LogP contribution in [0.15, 0.2) is 109 Å². The number of carbonyl (C=O) groups excluding carboxylic acids is 5. The Hall–Kier alpha value is -6.47. The van der Waals surface area contributed by atoms with Crippen molar-refractivity contribution in [2.75, 3.05) is 65.4 Å². The highest BCUT2D eigenvalue weighted by atomic mass is 35.5. The van der Waals surface area contributed by atoms with Crippen molar-refractivity contribution in [3.05, 3.63) is 152 Å². The minimum Gasteiger partial charge on any atom is -0.477 e. The summed E-state index contributed by atoms with van der Waals surface area (Å²) in [6, 6.07) is 31.6. The summed E-state index contributed by atoms with van der Waals surface area (Å²) in [7, 11) is 0. The third-order valence-electron chi connectivity index (χ3n) is 10.5. The molecule has 2 aliphatic heterocycles. The van der Waals surface area contributed by atoms with Gasteiger partial charge in [0.15, 0.2) is 0 Å². The summed E-state index contributed by atoms with van der Waals surface area (Å²) >= 11 is 24.0. The summed E-state index contributed by atoms with van der Waals surface area (Å²) in [5.74, 6) is -2.13. The molecule has 2 fully saturated rings. The Morgan fingerprint density at radius 3 is 1.37 bits per heavy atom. The number of H-pyrrole nitrogens is 2. The molecular weight excluding hydrogens is 982 g/mol. The Balaban J connectivity index is 0.000000209. The summed E-state index contributed by atoms with van der Waals surface area (Å²) in [6.07, 6.45) is 0. The lowest BCUT2D eigenvalue weighted by Crippen LogP contribution is -2.52. The number of aromatic carboxylic acids is 1. The van der Waals surface area contributed by atoms with E-state index in [9.17, 15) is 28.8 Å². The van der Waals surface area contributed by atoms with Gasteiger partial charge < -0.3 is 35.8 Å². The smallest absolute Gasteiger partial charge is 0.353 e. The first kappa shape index (κ1) is 52.5. The number of nitrogens with two attached hydrogens (primary N) is 1. The van der Waals surface area contributed by atoms with Crippen LogP contribution >= 0.6 is 58.8 Å². The Morgan fingerprint density at radius 1 is 0.559 bits per heavy atom. The largest absolute Gasteiger partial charge is 0.477 e. The van der Waals surface area contributed by atoms with E-state index < -0.39 is 11.9 Å². The number of amides is 5. The number of piperazine rings is 2.